The minimum absolute atomic E-state index is 0.189. The standard InChI is InChI=1S/C13H12FN3S/c1-17(10-6-3-2-5-9(10)14)11-7-4-8-16-12(11)13(15)18/h2-8H,1H3,(H2,15,18). The van der Waals surface area contributed by atoms with Gasteiger partial charge in [0, 0.05) is 13.2 Å². The van der Waals surface area contributed by atoms with Crippen LogP contribution in [0.15, 0.2) is 42.6 Å². The molecule has 0 saturated heterocycles. The second-order valence-electron chi connectivity index (χ2n) is 3.75. The van der Waals surface area contributed by atoms with Gasteiger partial charge in [-0.1, -0.05) is 24.4 Å². The molecule has 3 nitrogen and oxygen atoms in total. The smallest absolute Gasteiger partial charge is 0.146 e. The molecule has 0 bridgehead atoms. The Hall–Kier alpha value is -2.01. The van der Waals surface area contributed by atoms with Gasteiger partial charge in [-0.2, -0.15) is 0 Å². The zero-order valence-electron chi connectivity index (χ0n) is 9.80. The Labute approximate surface area is 110 Å². The number of benzene rings is 1. The van der Waals surface area contributed by atoms with Gasteiger partial charge in [0.15, 0.2) is 0 Å². The summed E-state index contributed by atoms with van der Waals surface area (Å²) in [5.74, 6) is -0.308. The third-order valence-corrected chi connectivity index (χ3v) is 2.79. The van der Waals surface area contributed by atoms with Crippen molar-refractivity contribution in [2.45, 2.75) is 0 Å². The topological polar surface area (TPSA) is 42.2 Å². The van der Waals surface area contributed by atoms with E-state index >= 15 is 0 Å². The Balaban J connectivity index is 2.50. The van der Waals surface area contributed by atoms with Crippen LogP contribution in [0, 0.1) is 5.82 Å². The summed E-state index contributed by atoms with van der Waals surface area (Å²) in [4.78, 5) is 5.99. The Bertz CT molecular complexity index is 586. The molecule has 0 fully saturated rings. The highest BCUT2D eigenvalue weighted by Crippen LogP contribution is 2.27. The van der Waals surface area contributed by atoms with Crippen molar-refractivity contribution in [1.29, 1.82) is 0 Å². The summed E-state index contributed by atoms with van der Waals surface area (Å²) in [6.07, 6.45) is 1.60. The predicted octanol–water partition coefficient (Wildman–Crippen LogP) is 2.62. The summed E-state index contributed by atoms with van der Waals surface area (Å²) < 4.78 is 13.7. The molecule has 0 aliphatic carbocycles. The van der Waals surface area contributed by atoms with Crippen LogP contribution in [0.5, 0.6) is 0 Å². The fraction of sp³-hybridized carbons (Fsp3) is 0.0769. The van der Waals surface area contributed by atoms with Crippen molar-refractivity contribution in [2.24, 2.45) is 5.73 Å². The molecule has 0 unspecified atom stereocenters. The second-order valence-corrected chi connectivity index (χ2v) is 4.19. The van der Waals surface area contributed by atoms with Crippen molar-refractivity contribution >= 4 is 28.6 Å². The van der Waals surface area contributed by atoms with E-state index < -0.39 is 0 Å². The zero-order valence-corrected chi connectivity index (χ0v) is 10.6. The normalized spacial score (nSPS) is 10.1. The van der Waals surface area contributed by atoms with Crippen molar-refractivity contribution in [3.8, 4) is 0 Å². The van der Waals surface area contributed by atoms with Crippen molar-refractivity contribution in [3.05, 3.63) is 54.1 Å². The van der Waals surface area contributed by atoms with Crippen molar-refractivity contribution < 1.29 is 4.39 Å². The highest BCUT2D eigenvalue weighted by molar-refractivity contribution is 7.80. The van der Waals surface area contributed by atoms with Crippen molar-refractivity contribution in [2.75, 3.05) is 11.9 Å². The fourth-order valence-electron chi connectivity index (χ4n) is 1.71. The van der Waals surface area contributed by atoms with Crippen LogP contribution in [0.25, 0.3) is 0 Å². The molecule has 0 spiro atoms. The van der Waals surface area contributed by atoms with Gasteiger partial charge in [-0.05, 0) is 24.3 Å². The van der Waals surface area contributed by atoms with E-state index in [0.29, 0.717) is 17.1 Å². The van der Waals surface area contributed by atoms with Crippen LogP contribution in [0.2, 0.25) is 0 Å². The summed E-state index contributed by atoms with van der Waals surface area (Å²) in [5, 5.41) is 0. The van der Waals surface area contributed by atoms with Gasteiger partial charge in [0.25, 0.3) is 0 Å². The fourth-order valence-corrected chi connectivity index (χ4v) is 1.87. The molecule has 0 saturated carbocycles. The lowest BCUT2D eigenvalue weighted by Crippen LogP contribution is -2.19. The number of nitrogens with two attached hydrogens (primary N) is 1. The van der Waals surface area contributed by atoms with Gasteiger partial charge in [0.1, 0.15) is 16.5 Å². The molecule has 2 rings (SSSR count). The first-order chi connectivity index (χ1) is 8.61. The van der Waals surface area contributed by atoms with Crippen LogP contribution < -0.4 is 10.6 Å². The molecule has 1 aromatic heterocycles. The number of para-hydroxylation sites is 1. The SMILES string of the molecule is CN(c1ccccc1F)c1cccnc1C(N)=S. The molecule has 0 atom stereocenters. The molecular formula is C13H12FN3S. The monoisotopic (exact) mass is 261 g/mol. The summed E-state index contributed by atoms with van der Waals surface area (Å²) in [6.45, 7) is 0. The van der Waals surface area contributed by atoms with Crippen LogP contribution >= 0.6 is 12.2 Å². The Morgan fingerprint density at radius 2 is 1.89 bits per heavy atom. The number of thiocarbonyl (C=S) groups is 1. The number of pyridine rings is 1. The Morgan fingerprint density at radius 1 is 1.22 bits per heavy atom. The molecule has 2 N–H and O–H groups in total. The first-order valence-corrected chi connectivity index (χ1v) is 5.75. The van der Waals surface area contributed by atoms with E-state index in [0.717, 1.165) is 0 Å². The lowest BCUT2D eigenvalue weighted by Gasteiger charge is -2.21. The molecule has 0 aliphatic heterocycles. The van der Waals surface area contributed by atoms with E-state index in [9.17, 15) is 4.39 Å². The van der Waals surface area contributed by atoms with E-state index in [2.05, 4.69) is 4.98 Å². The van der Waals surface area contributed by atoms with E-state index in [1.807, 2.05) is 0 Å². The number of rotatable bonds is 3. The first kappa shape index (κ1) is 12.4. The Morgan fingerprint density at radius 3 is 2.56 bits per heavy atom. The third kappa shape index (κ3) is 2.31. The largest absolute Gasteiger partial charge is 0.388 e. The molecular weight excluding hydrogens is 249 g/mol. The van der Waals surface area contributed by atoms with Crippen LogP contribution in [-0.4, -0.2) is 17.0 Å². The minimum Gasteiger partial charge on any atom is -0.388 e. The summed E-state index contributed by atoms with van der Waals surface area (Å²) >= 11 is 4.95. The number of halogens is 1. The second kappa shape index (κ2) is 5.10. The van der Waals surface area contributed by atoms with E-state index in [1.165, 1.54) is 6.07 Å². The average molecular weight is 261 g/mol. The maximum atomic E-state index is 13.7. The third-order valence-electron chi connectivity index (χ3n) is 2.59. The van der Waals surface area contributed by atoms with Crippen molar-refractivity contribution in [1.82, 2.24) is 4.98 Å². The number of nitrogens with zero attached hydrogens (tertiary/aromatic N) is 2. The molecule has 5 heteroatoms. The van der Waals surface area contributed by atoms with E-state index in [4.69, 9.17) is 18.0 Å². The minimum atomic E-state index is -0.308. The van der Waals surface area contributed by atoms with Crippen LogP contribution in [-0.2, 0) is 0 Å². The number of anilines is 2. The number of aromatic nitrogens is 1. The molecule has 2 aromatic rings. The van der Waals surface area contributed by atoms with Gasteiger partial charge in [-0.3, -0.25) is 4.98 Å². The van der Waals surface area contributed by atoms with E-state index in [1.54, 1.807) is 48.5 Å². The lowest BCUT2D eigenvalue weighted by molar-refractivity contribution is 0.627. The molecule has 18 heavy (non-hydrogen) atoms. The Kier molecular flexibility index (Phi) is 3.53. The summed E-state index contributed by atoms with van der Waals surface area (Å²) in [7, 11) is 1.75. The first-order valence-electron chi connectivity index (χ1n) is 5.34. The molecule has 1 aromatic carbocycles. The maximum Gasteiger partial charge on any atom is 0.146 e. The highest BCUT2D eigenvalue weighted by Gasteiger charge is 2.14. The number of hydrogen-bond donors (Lipinski definition) is 1. The van der Waals surface area contributed by atoms with Gasteiger partial charge in [0.2, 0.25) is 0 Å². The highest BCUT2D eigenvalue weighted by atomic mass is 32.1. The van der Waals surface area contributed by atoms with Gasteiger partial charge < -0.3 is 10.6 Å². The number of hydrogen-bond acceptors (Lipinski definition) is 3. The van der Waals surface area contributed by atoms with Crippen molar-refractivity contribution in [3.63, 3.8) is 0 Å². The van der Waals surface area contributed by atoms with Crippen LogP contribution in [0.3, 0.4) is 0 Å². The molecule has 0 radical (unpaired) electrons. The van der Waals surface area contributed by atoms with Crippen LogP contribution in [0.4, 0.5) is 15.8 Å². The molecule has 1 heterocycles. The molecule has 0 aliphatic rings. The molecule has 92 valence electrons. The lowest BCUT2D eigenvalue weighted by atomic mass is 10.2. The summed E-state index contributed by atoms with van der Waals surface area (Å²) in [5.41, 5.74) is 7.22. The quantitative estimate of drug-likeness (QED) is 0.862. The van der Waals surface area contributed by atoms with Gasteiger partial charge in [0.05, 0.1) is 11.4 Å². The van der Waals surface area contributed by atoms with Gasteiger partial charge in [-0.15, -0.1) is 0 Å². The predicted molar refractivity (Wildman–Crippen MR) is 74.6 cm³/mol. The molecule has 0 amide bonds. The zero-order chi connectivity index (χ0) is 13.1. The maximum absolute atomic E-state index is 13.7. The van der Waals surface area contributed by atoms with Gasteiger partial charge in [-0.25, -0.2) is 4.39 Å². The van der Waals surface area contributed by atoms with E-state index in [-0.39, 0.29) is 10.8 Å². The summed E-state index contributed by atoms with van der Waals surface area (Å²) in [6, 6.07) is 10.1. The van der Waals surface area contributed by atoms with Gasteiger partial charge >= 0.3 is 0 Å². The van der Waals surface area contributed by atoms with Crippen LogP contribution in [0.1, 0.15) is 5.69 Å². The average Bonchev–Trinajstić information content (AvgIpc) is 2.38.